The maximum absolute atomic E-state index is 13.5. The molecule has 0 saturated heterocycles. The van der Waals surface area contributed by atoms with E-state index in [1.807, 2.05) is 58.4 Å². The number of halogens is 2. The van der Waals surface area contributed by atoms with Crippen molar-refractivity contribution < 1.29 is 18.4 Å². The Bertz CT molecular complexity index is 3140. The Labute approximate surface area is 382 Å². The number of pyridine rings is 2. The summed E-state index contributed by atoms with van der Waals surface area (Å²) in [5, 5.41) is 11.4. The van der Waals surface area contributed by atoms with Gasteiger partial charge in [-0.1, -0.05) is 17.7 Å². The zero-order chi connectivity index (χ0) is 44.8. The lowest BCUT2D eigenvalue weighted by atomic mass is 9.59. The zero-order valence-electron chi connectivity index (χ0n) is 36.8. The van der Waals surface area contributed by atoms with E-state index < -0.39 is 0 Å². The van der Waals surface area contributed by atoms with Crippen LogP contribution in [0.2, 0.25) is 0 Å². The molecule has 3 atom stereocenters. The predicted molar refractivity (Wildman–Crippen MR) is 252 cm³/mol. The zero-order valence-corrected chi connectivity index (χ0v) is 36.8. The summed E-state index contributed by atoms with van der Waals surface area (Å²) in [7, 11) is 0. The first-order valence-corrected chi connectivity index (χ1v) is 23.3. The van der Waals surface area contributed by atoms with Gasteiger partial charge in [-0.25, -0.2) is 18.1 Å². The lowest BCUT2D eigenvalue weighted by molar-refractivity contribution is -0.123. The molecule has 4 heterocycles. The van der Waals surface area contributed by atoms with Crippen LogP contribution in [0.1, 0.15) is 91.4 Å². The lowest BCUT2D eigenvalue weighted by Gasteiger charge is -2.44. The molecule has 12 rings (SSSR count). The monoisotopic (exact) mass is 876 g/mol. The van der Waals surface area contributed by atoms with Gasteiger partial charge in [-0.2, -0.15) is 10.2 Å². The van der Waals surface area contributed by atoms with Gasteiger partial charge in [0.1, 0.15) is 17.4 Å². The van der Waals surface area contributed by atoms with Crippen molar-refractivity contribution in [2.75, 3.05) is 0 Å². The Morgan fingerprint density at radius 1 is 0.606 bits per heavy atom. The minimum atomic E-state index is -0.258. The van der Waals surface area contributed by atoms with Crippen molar-refractivity contribution in [3.05, 3.63) is 191 Å². The number of Topliss-reactive ketones (excluding diaryl/α,β-unsaturated/α-hetero) is 1. The molecule has 8 nitrogen and oxygen atoms in total. The molecule has 4 aliphatic rings. The molecule has 4 aliphatic carbocycles. The number of rotatable bonds is 6. The molecule has 330 valence electrons. The first kappa shape index (κ1) is 41.7. The van der Waals surface area contributed by atoms with Gasteiger partial charge in [0.15, 0.2) is 5.78 Å². The van der Waals surface area contributed by atoms with E-state index in [1.165, 1.54) is 52.1 Å². The van der Waals surface area contributed by atoms with Crippen molar-refractivity contribution in [1.29, 1.82) is 0 Å². The first-order chi connectivity index (χ1) is 32.2. The largest absolute Gasteiger partial charge is 0.300 e. The van der Waals surface area contributed by atoms with Gasteiger partial charge in [0.25, 0.3) is 0 Å². The van der Waals surface area contributed by atoms with Gasteiger partial charge in [0.2, 0.25) is 0 Å². The number of aryl methyl sites for hydroxylation is 2. The molecule has 0 N–H and O–H groups in total. The fourth-order valence-electron chi connectivity index (χ4n) is 11.8. The maximum Gasteiger partial charge on any atom is 0.155 e. The van der Waals surface area contributed by atoms with Crippen LogP contribution < -0.4 is 0 Å². The molecule has 0 bridgehead atoms. The number of nitrogens with zero attached hydrogens (tertiary/aromatic N) is 6. The van der Waals surface area contributed by atoms with Crippen molar-refractivity contribution in [3.63, 3.8) is 0 Å². The van der Waals surface area contributed by atoms with E-state index in [0.29, 0.717) is 31.0 Å². The number of benzene rings is 4. The summed E-state index contributed by atoms with van der Waals surface area (Å²) in [6.45, 7) is 0. The van der Waals surface area contributed by atoms with Crippen molar-refractivity contribution in [2.45, 2.75) is 94.3 Å². The second-order valence-corrected chi connectivity index (χ2v) is 18.8. The SMILES string of the molecule is O=C1C=C2CCCc3cc4c(cnn4-c4ccc(F)cc4)cc3C2(Cc2ccccn2)CC1.O=C1CC[C@@]2(Cc3ccccn3)c3cc4cnn(-c5ccc(F)cc5)c4cc3CCC[C@H]2C1. The Morgan fingerprint density at radius 2 is 1.20 bits per heavy atom. The molecule has 0 aliphatic heterocycles. The van der Waals surface area contributed by atoms with Crippen LogP contribution in [0.4, 0.5) is 8.78 Å². The Kier molecular flexibility index (Phi) is 10.8. The van der Waals surface area contributed by atoms with Gasteiger partial charge < -0.3 is 0 Å². The maximum atomic E-state index is 13.5. The van der Waals surface area contributed by atoms with E-state index in [0.717, 1.165) is 109 Å². The van der Waals surface area contributed by atoms with Gasteiger partial charge in [0, 0.05) is 71.1 Å². The van der Waals surface area contributed by atoms with Crippen LogP contribution in [0.5, 0.6) is 0 Å². The standard InChI is InChI=1S/C28H26FN3O.C28H24FN3O/c2*29-22-7-9-24(10-8-22)32-27-15-19-4-3-5-21-16-25(33)11-12-28(21,17-23-6-1-2-13-30-23)26(19)14-20(27)18-31-32/h1-2,6-10,13-15,18,21H,3-5,11-12,16-17H2;1-2,6-10,13-16,18H,3-5,11-12,17H2/t21-,28-;/m0./s1. The molecule has 1 unspecified atom stereocenters. The molecule has 10 heteroatoms. The Morgan fingerprint density at radius 3 is 1.82 bits per heavy atom. The number of hydrogen-bond acceptors (Lipinski definition) is 6. The molecule has 1 saturated carbocycles. The normalized spacial score (nSPS) is 21.4. The molecule has 0 radical (unpaired) electrons. The van der Waals surface area contributed by atoms with Crippen LogP contribution in [0, 0.1) is 17.6 Å². The van der Waals surface area contributed by atoms with Gasteiger partial charge in [-0.05, 0) is 189 Å². The highest BCUT2D eigenvalue weighted by Crippen LogP contribution is 2.52. The minimum absolute atomic E-state index is 0.0831. The molecule has 0 spiro atoms. The average Bonchev–Trinajstić information content (AvgIpc) is 3.87. The van der Waals surface area contributed by atoms with Crippen LogP contribution in [-0.4, -0.2) is 41.1 Å². The second-order valence-electron chi connectivity index (χ2n) is 18.8. The summed E-state index contributed by atoms with van der Waals surface area (Å²) >= 11 is 0. The van der Waals surface area contributed by atoms with E-state index in [2.05, 4.69) is 62.6 Å². The number of ketones is 2. The second kappa shape index (κ2) is 17.1. The summed E-state index contributed by atoms with van der Waals surface area (Å²) in [5.74, 6) is 0.456. The molecule has 0 amide bonds. The predicted octanol–water partition coefficient (Wildman–Crippen LogP) is 11.4. The molecule has 4 aromatic heterocycles. The quantitative estimate of drug-likeness (QED) is 0.165. The van der Waals surface area contributed by atoms with Gasteiger partial charge in [0.05, 0.1) is 34.8 Å². The fourth-order valence-corrected chi connectivity index (χ4v) is 11.8. The summed E-state index contributed by atoms with van der Waals surface area (Å²) in [6.07, 6.45) is 20.6. The summed E-state index contributed by atoms with van der Waals surface area (Å²) in [5.41, 5.74) is 12.2. The molecule has 4 aromatic carbocycles. The third-order valence-corrected chi connectivity index (χ3v) is 15.0. The molecule has 8 aromatic rings. The third kappa shape index (κ3) is 7.65. The van der Waals surface area contributed by atoms with E-state index in [9.17, 15) is 18.4 Å². The van der Waals surface area contributed by atoms with E-state index in [1.54, 1.807) is 24.3 Å². The molecule has 66 heavy (non-hydrogen) atoms. The number of aromatic nitrogens is 6. The number of fused-ring (bicyclic) bond motifs is 8. The van der Waals surface area contributed by atoms with Gasteiger partial charge in [-0.3, -0.25) is 19.6 Å². The number of carbonyl (C=O) groups excluding carboxylic acids is 2. The molecular formula is C56H50F2N6O2. The van der Waals surface area contributed by atoms with Crippen molar-refractivity contribution in [1.82, 2.24) is 29.5 Å². The van der Waals surface area contributed by atoms with Gasteiger partial charge in [-0.15, -0.1) is 0 Å². The number of hydrogen-bond donors (Lipinski definition) is 0. The van der Waals surface area contributed by atoms with Crippen LogP contribution in [0.15, 0.2) is 146 Å². The topological polar surface area (TPSA) is 95.6 Å². The van der Waals surface area contributed by atoms with E-state index in [-0.39, 0.29) is 28.2 Å². The van der Waals surface area contributed by atoms with Crippen LogP contribution in [-0.2, 0) is 46.1 Å². The summed E-state index contributed by atoms with van der Waals surface area (Å²) < 4.78 is 30.7. The summed E-state index contributed by atoms with van der Waals surface area (Å²) in [4.78, 5) is 34.2. The lowest BCUT2D eigenvalue weighted by Crippen LogP contribution is -2.42. The highest BCUT2D eigenvalue weighted by atomic mass is 19.1. The van der Waals surface area contributed by atoms with Crippen molar-refractivity contribution in [3.8, 4) is 11.4 Å². The highest BCUT2D eigenvalue weighted by Gasteiger charge is 2.47. The van der Waals surface area contributed by atoms with Crippen LogP contribution in [0.25, 0.3) is 33.2 Å². The summed E-state index contributed by atoms with van der Waals surface area (Å²) in [6, 6.07) is 34.2. The number of allylic oxidation sites excluding steroid dienone is 2. The van der Waals surface area contributed by atoms with E-state index >= 15 is 0 Å². The number of carbonyl (C=O) groups is 2. The first-order valence-electron chi connectivity index (χ1n) is 23.3. The van der Waals surface area contributed by atoms with E-state index in [4.69, 9.17) is 0 Å². The van der Waals surface area contributed by atoms with Crippen LogP contribution >= 0.6 is 0 Å². The highest BCUT2D eigenvalue weighted by molar-refractivity contribution is 5.93. The molecular weight excluding hydrogens is 827 g/mol. The smallest absolute Gasteiger partial charge is 0.155 e. The average molecular weight is 877 g/mol. The Balaban J connectivity index is 0.000000146. The molecule has 1 fully saturated rings. The van der Waals surface area contributed by atoms with Crippen molar-refractivity contribution >= 4 is 33.4 Å². The third-order valence-electron chi connectivity index (χ3n) is 15.0. The van der Waals surface area contributed by atoms with Gasteiger partial charge >= 0.3 is 0 Å². The van der Waals surface area contributed by atoms with Crippen LogP contribution in [0.3, 0.4) is 0 Å². The fraction of sp³-hybridized carbons (Fsp3) is 0.286. The minimum Gasteiger partial charge on any atom is -0.300 e. The Hall–Kier alpha value is -6.94. The van der Waals surface area contributed by atoms with Crippen molar-refractivity contribution in [2.24, 2.45) is 5.92 Å².